The molecule has 0 aliphatic rings. The first-order valence-electron chi connectivity index (χ1n) is 10.2. The molecule has 0 unspecified atom stereocenters. The third kappa shape index (κ3) is 3.49. The number of hydrogen-bond acceptors (Lipinski definition) is 1. The van der Waals surface area contributed by atoms with Gasteiger partial charge >= 0.3 is 0 Å². The summed E-state index contributed by atoms with van der Waals surface area (Å²) in [5, 5.41) is 13.2. The largest absolute Gasteiger partial charge is 0.342 e. The number of fused-ring (bicyclic) bond motifs is 2. The first kappa shape index (κ1) is 18.8. The van der Waals surface area contributed by atoms with Gasteiger partial charge in [-0.1, -0.05) is 78.9 Å². The summed E-state index contributed by atoms with van der Waals surface area (Å²) in [7, 11) is 0. The van der Waals surface area contributed by atoms with Crippen molar-refractivity contribution in [1.29, 1.82) is 5.26 Å². The van der Waals surface area contributed by atoms with Gasteiger partial charge in [-0.25, -0.2) is 4.39 Å². The van der Waals surface area contributed by atoms with Crippen molar-refractivity contribution in [2.75, 3.05) is 0 Å². The molecule has 0 saturated carbocycles. The maximum atomic E-state index is 14.3. The molecule has 0 spiro atoms. The van der Waals surface area contributed by atoms with Gasteiger partial charge in [0.1, 0.15) is 5.82 Å². The molecular weight excluding hydrogens is 383 g/mol. The van der Waals surface area contributed by atoms with Crippen LogP contribution < -0.4 is 0 Å². The van der Waals surface area contributed by atoms with Crippen molar-refractivity contribution >= 4 is 33.3 Å². The summed E-state index contributed by atoms with van der Waals surface area (Å²) in [5.41, 5.74) is 3.83. The highest BCUT2D eigenvalue weighted by Crippen LogP contribution is 2.28. The van der Waals surface area contributed by atoms with Crippen molar-refractivity contribution in [2.24, 2.45) is 0 Å². The predicted octanol–water partition coefficient (Wildman–Crippen LogP) is 7.05. The molecule has 0 amide bonds. The molecule has 0 N–H and O–H groups in total. The first-order valence-corrected chi connectivity index (χ1v) is 10.2. The summed E-state index contributed by atoms with van der Waals surface area (Å²) in [6.07, 6.45) is 3.82. The van der Waals surface area contributed by atoms with E-state index < -0.39 is 5.82 Å². The van der Waals surface area contributed by atoms with Crippen LogP contribution in [-0.2, 0) is 6.54 Å². The minimum atomic E-state index is -0.394. The molecule has 3 heteroatoms. The lowest BCUT2D eigenvalue weighted by atomic mass is 10.0. The van der Waals surface area contributed by atoms with E-state index in [2.05, 4.69) is 53.1 Å². The normalized spacial score (nSPS) is 11.7. The van der Waals surface area contributed by atoms with E-state index >= 15 is 0 Å². The topological polar surface area (TPSA) is 28.7 Å². The van der Waals surface area contributed by atoms with Crippen LogP contribution in [0.5, 0.6) is 0 Å². The number of nitriles is 1. The van der Waals surface area contributed by atoms with Gasteiger partial charge in [-0.3, -0.25) is 0 Å². The molecule has 0 aliphatic carbocycles. The van der Waals surface area contributed by atoms with Gasteiger partial charge in [-0.15, -0.1) is 0 Å². The van der Waals surface area contributed by atoms with Gasteiger partial charge in [0.15, 0.2) is 0 Å². The van der Waals surface area contributed by atoms with Crippen molar-refractivity contribution < 1.29 is 4.39 Å². The predicted molar refractivity (Wildman–Crippen MR) is 125 cm³/mol. The van der Waals surface area contributed by atoms with Gasteiger partial charge < -0.3 is 4.57 Å². The Hall–Kier alpha value is -4.16. The maximum Gasteiger partial charge on any atom is 0.131 e. The number of benzene rings is 4. The van der Waals surface area contributed by atoms with E-state index in [1.54, 1.807) is 24.3 Å². The van der Waals surface area contributed by atoms with E-state index in [1.165, 1.54) is 22.4 Å². The molecule has 0 fully saturated rings. The molecule has 0 radical (unpaired) electrons. The van der Waals surface area contributed by atoms with E-state index in [4.69, 9.17) is 0 Å². The van der Waals surface area contributed by atoms with Gasteiger partial charge in [-0.05, 0) is 34.5 Å². The first-order chi connectivity index (χ1) is 15.2. The van der Waals surface area contributed by atoms with Crippen LogP contribution in [0.1, 0.15) is 16.7 Å². The second-order valence-electron chi connectivity index (χ2n) is 7.52. The summed E-state index contributed by atoms with van der Waals surface area (Å²) in [4.78, 5) is 0. The van der Waals surface area contributed by atoms with E-state index in [1.807, 2.05) is 30.5 Å². The molecule has 4 aromatic carbocycles. The van der Waals surface area contributed by atoms with Gasteiger partial charge in [-0.2, -0.15) is 5.26 Å². The Morgan fingerprint density at radius 2 is 1.55 bits per heavy atom. The zero-order chi connectivity index (χ0) is 21.2. The van der Waals surface area contributed by atoms with Crippen LogP contribution in [0.25, 0.3) is 33.3 Å². The number of hydrogen-bond donors (Lipinski definition) is 0. The number of rotatable bonds is 4. The summed E-state index contributed by atoms with van der Waals surface area (Å²) in [6, 6.07) is 31.4. The molecule has 31 heavy (non-hydrogen) atoms. The lowest BCUT2D eigenvalue weighted by molar-refractivity contribution is 0.624. The van der Waals surface area contributed by atoms with Gasteiger partial charge in [0.25, 0.3) is 0 Å². The summed E-state index contributed by atoms with van der Waals surface area (Å²) < 4.78 is 16.5. The lowest BCUT2D eigenvalue weighted by Gasteiger charge is -2.09. The quantitative estimate of drug-likeness (QED) is 0.296. The SMILES string of the molecule is N#C/C(=C/c1cn(Cc2cccc3ccccc23)c2ccccc12)c1ccccc1F. The minimum absolute atomic E-state index is 0.311. The zero-order valence-corrected chi connectivity index (χ0v) is 16.8. The maximum absolute atomic E-state index is 14.3. The molecule has 0 bridgehead atoms. The molecule has 148 valence electrons. The van der Waals surface area contributed by atoms with E-state index in [-0.39, 0.29) is 0 Å². The smallest absolute Gasteiger partial charge is 0.131 e. The lowest BCUT2D eigenvalue weighted by Crippen LogP contribution is -1.98. The van der Waals surface area contributed by atoms with Crippen LogP contribution in [-0.4, -0.2) is 4.57 Å². The monoisotopic (exact) mass is 402 g/mol. The Bertz CT molecular complexity index is 1480. The number of allylic oxidation sites excluding steroid dienone is 1. The molecule has 0 aliphatic heterocycles. The zero-order valence-electron chi connectivity index (χ0n) is 16.8. The fourth-order valence-corrected chi connectivity index (χ4v) is 4.14. The molecule has 5 aromatic rings. The highest BCUT2D eigenvalue weighted by Gasteiger charge is 2.12. The highest BCUT2D eigenvalue weighted by molar-refractivity contribution is 5.98. The fraction of sp³-hybridized carbons (Fsp3) is 0.0357. The van der Waals surface area contributed by atoms with Gasteiger partial charge in [0, 0.05) is 34.8 Å². The van der Waals surface area contributed by atoms with Crippen molar-refractivity contribution in [3.8, 4) is 6.07 Å². The highest BCUT2D eigenvalue weighted by atomic mass is 19.1. The Labute approximate surface area is 180 Å². The number of aromatic nitrogens is 1. The van der Waals surface area contributed by atoms with Gasteiger partial charge in [0.2, 0.25) is 0 Å². The van der Waals surface area contributed by atoms with Crippen LogP contribution in [0.3, 0.4) is 0 Å². The third-order valence-corrected chi connectivity index (χ3v) is 5.62. The van der Waals surface area contributed by atoms with Crippen molar-refractivity contribution in [3.05, 3.63) is 120 Å². The minimum Gasteiger partial charge on any atom is -0.342 e. The average Bonchev–Trinajstić information content (AvgIpc) is 3.15. The fourth-order valence-electron chi connectivity index (χ4n) is 4.14. The Morgan fingerprint density at radius 1 is 0.839 bits per heavy atom. The second-order valence-corrected chi connectivity index (χ2v) is 7.52. The second kappa shape index (κ2) is 7.93. The molecule has 1 aromatic heterocycles. The van der Waals surface area contributed by atoms with Crippen molar-refractivity contribution in [3.63, 3.8) is 0 Å². The van der Waals surface area contributed by atoms with Crippen LogP contribution in [0, 0.1) is 17.1 Å². The van der Waals surface area contributed by atoms with Crippen molar-refractivity contribution in [2.45, 2.75) is 6.54 Å². The Morgan fingerprint density at radius 3 is 2.39 bits per heavy atom. The van der Waals surface area contributed by atoms with Crippen LogP contribution in [0.2, 0.25) is 0 Å². The van der Waals surface area contributed by atoms with Crippen LogP contribution in [0.4, 0.5) is 4.39 Å². The standard InChI is InChI=1S/C28H19FN2/c29-27-14-5-3-12-25(27)22(17-30)16-23-19-31(28-15-6-4-13-26(23)28)18-21-10-7-9-20-8-1-2-11-24(20)21/h1-16,19H,18H2/b22-16-. The summed E-state index contributed by atoms with van der Waals surface area (Å²) in [6.45, 7) is 0.706. The Balaban J connectivity index is 1.64. The number of para-hydroxylation sites is 1. The number of halogens is 1. The summed E-state index contributed by atoms with van der Waals surface area (Å²) in [5.74, 6) is -0.394. The van der Waals surface area contributed by atoms with Crippen LogP contribution in [0.15, 0.2) is 97.2 Å². The average molecular weight is 402 g/mol. The van der Waals surface area contributed by atoms with Crippen LogP contribution >= 0.6 is 0 Å². The third-order valence-electron chi connectivity index (χ3n) is 5.62. The number of nitrogens with zero attached hydrogens (tertiary/aromatic N) is 2. The van der Waals surface area contributed by atoms with E-state index in [0.717, 1.165) is 16.5 Å². The molecule has 2 nitrogen and oxygen atoms in total. The summed E-state index contributed by atoms with van der Waals surface area (Å²) >= 11 is 0. The van der Waals surface area contributed by atoms with Gasteiger partial charge in [0.05, 0.1) is 11.6 Å². The molecule has 1 heterocycles. The van der Waals surface area contributed by atoms with E-state index in [9.17, 15) is 9.65 Å². The molecule has 5 rings (SSSR count). The van der Waals surface area contributed by atoms with Crippen molar-refractivity contribution in [1.82, 2.24) is 4.57 Å². The molecule has 0 atom stereocenters. The molecule has 0 saturated heterocycles. The van der Waals surface area contributed by atoms with E-state index in [0.29, 0.717) is 17.7 Å². The molecular formula is C28H19FN2. The Kier molecular flexibility index (Phi) is 4.82.